The van der Waals surface area contributed by atoms with Crippen molar-refractivity contribution in [2.75, 3.05) is 0 Å². The number of nitriles is 1. The highest BCUT2D eigenvalue weighted by Crippen LogP contribution is 2.44. The van der Waals surface area contributed by atoms with E-state index in [4.69, 9.17) is 0 Å². The average Bonchev–Trinajstić information content (AvgIpc) is 3.59. The lowest BCUT2D eigenvalue weighted by Crippen LogP contribution is -2.40. The van der Waals surface area contributed by atoms with Crippen LogP contribution in [-0.2, 0) is 10.0 Å². The standard InChI is InChI=1S/C27H25FN4O2S/c1-27(2,3)31-35(33,34)19-11-12-24(30-16-19)26-22(15-29)21-13-23(28)20(17-9-10-17)14-25(21)32(26)18-7-5-4-6-8-18/h4-8,11-14,16-17,31H,9-10H2,1-3H3. The number of para-hydroxylation sites is 1. The number of halogens is 1. The van der Waals surface area contributed by atoms with Gasteiger partial charge in [0.2, 0.25) is 10.0 Å². The van der Waals surface area contributed by atoms with Gasteiger partial charge in [-0.2, -0.15) is 5.26 Å². The SMILES string of the molecule is CC(C)(C)NS(=O)(=O)c1ccc(-c2c(C#N)c3cc(F)c(C4CC4)cc3n2-c2ccccc2)nc1. The van der Waals surface area contributed by atoms with Crippen molar-refractivity contribution in [3.05, 3.63) is 77.7 Å². The number of fused-ring (bicyclic) bond motifs is 1. The van der Waals surface area contributed by atoms with Crippen LogP contribution < -0.4 is 4.72 Å². The molecule has 0 bridgehead atoms. The second-order valence-electron chi connectivity index (χ2n) is 9.91. The number of pyridine rings is 1. The smallest absolute Gasteiger partial charge is 0.242 e. The van der Waals surface area contributed by atoms with E-state index in [1.807, 2.05) is 41.0 Å². The van der Waals surface area contributed by atoms with Crippen LogP contribution in [0.15, 0.2) is 65.7 Å². The maximum atomic E-state index is 15.0. The van der Waals surface area contributed by atoms with Gasteiger partial charge < -0.3 is 4.57 Å². The predicted octanol–water partition coefficient (Wildman–Crippen LogP) is 5.66. The first-order valence-corrected chi connectivity index (χ1v) is 12.9. The lowest BCUT2D eigenvalue weighted by molar-refractivity contribution is 0.491. The molecule has 0 spiro atoms. The van der Waals surface area contributed by atoms with Crippen molar-refractivity contribution in [2.45, 2.75) is 50.0 Å². The second kappa shape index (κ2) is 8.29. The molecule has 1 aliphatic rings. The zero-order valence-electron chi connectivity index (χ0n) is 19.7. The number of rotatable bonds is 5. The van der Waals surface area contributed by atoms with E-state index in [1.165, 1.54) is 18.3 Å². The molecule has 178 valence electrons. The fourth-order valence-corrected chi connectivity index (χ4v) is 5.74. The topological polar surface area (TPSA) is 87.8 Å². The van der Waals surface area contributed by atoms with Crippen LogP contribution >= 0.6 is 0 Å². The number of aromatic nitrogens is 2. The molecule has 1 fully saturated rings. The van der Waals surface area contributed by atoms with Crippen LogP contribution in [0.4, 0.5) is 4.39 Å². The molecular weight excluding hydrogens is 463 g/mol. The van der Waals surface area contributed by atoms with Crippen molar-refractivity contribution in [1.29, 1.82) is 5.26 Å². The summed E-state index contributed by atoms with van der Waals surface area (Å²) in [6.07, 6.45) is 3.19. The quantitative estimate of drug-likeness (QED) is 0.393. The van der Waals surface area contributed by atoms with E-state index in [1.54, 1.807) is 26.8 Å². The van der Waals surface area contributed by atoms with E-state index in [2.05, 4.69) is 15.8 Å². The zero-order chi connectivity index (χ0) is 25.0. The Labute approximate surface area is 204 Å². The molecule has 0 amide bonds. The third kappa shape index (κ3) is 4.33. The summed E-state index contributed by atoms with van der Waals surface area (Å²) >= 11 is 0. The monoisotopic (exact) mass is 488 g/mol. The van der Waals surface area contributed by atoms with Crippen LogP contribution in [0.1, 0.15) is 50.7 Å². The highest BCUT2D eigenvalue weighted by molar-refractivity contribution is 7.89. The van der Waals surface area contributed by atoms with Gasteiger partial charge in [0, 0.05) is 22.8 Å². The Morgan fingerprint density at radius 3 is 2.40 bits per heavy atom. The zero-order valence-corrected chi connectivity index (χ0v) is 20.5. The molecule has 35 heavy (non-hydrogen) atoms. The van der Waals surface area contributed by atoms with Crippen LogP contribution in [0, 0.1) is 17.1 Å². The van der Waals surface area contributed by atoms with Crippen LogP contribution in [-0.4, -0.2) is 23.5 Å². The average molecular weight is 489 g/mol. The van der Waals surface area contributed by atoms with Gasteiger partial charge in [-0.15, -0.1) is 0 Å². The highest BCUT2D eigenvalue weighted by atomic mass is 32.2. The summed E-state index contributed by atoms with van der Waals surface area (Å²) in [7, 11) is -3.77. The molecule has 0 aliphatic heterocycles. The van der Waals surface area contributed by atoms with Gasteiger partial charge in [-0.05, 0) is 81.5 Å². The van der Waals surface area contributed by atoms with E-state index < -0.39 is 15.6 Å². The largest absolute Gasteiger partial charge is 0.307 e. The Hall–Kier alpha value is -3.54. The first kappa shape index (κ1) is 23.2. The molecule has 0 unspecified atom stereocenters. The van der Waals surface area contributed by atoms with Crippen LogP contribution in [0.3, 0.4) is 0 Å². The van der Waals surface area contributed by atoms with E-state index >= 15 is 0 Å². The van der Waals surface area contributed by atoms with Gasteiger partial charge in [0.1, 0.15) is 16.8 Å². The van der Waals surface area contributed by atoms with E-state index in [9.17, 15) is 18.1 Å². The molecule has 6 nitrogen and oxygen atoms in total. The van der Waals surface area contributed by atoms with Crippen molar-refractivity contribution in [3.8, 4) is 23.1 Å². The summed E-state index contributed by atoms with van der Waals surface area (Å²) in [6, 6.07) is 18.1. The minimum absolute atomic E-state index is 0.0270. The number of nitrogens with zero attached hydrogens (tertiary/aromatic N) is 3. The Bertz CT molecular complexity index is 1580. The Balaban J connectivity index is 1.74. The molecule has 8 heteroatoms. The first-order chi connectivity index (χ1) is 16.6. The summed E-state index contributed by atoms with van der Waals surface area (Å²) in [5.41, 5.74) is 2.74. The van der Waals surface area contributed by atoms with E-state index in [0.29, 0.717) is 27.9 Å². The molecule has 4 aromatic rings. The molecule has 0 atom stereocenters. The lowest BCUT2D eigenvalue weighted by atomic mass is 10.0. The number of hydrogen-bond donors (Lipinski definition) is 1. The predicted molar refractivity (Wildman–Crippen MR) is 133 cm³/mol. The molecule has 5 rings (SSSR count). The van der Waals surface area contributed by atoms with Crippen molar-refractivity contribution in [1.82, 2.24) is 14.3 Å². The number of benzene rings is 2. The van der Waals surface area contributed by atoms with Crippen molar-refractivity contribution < 1.29 is 12.8 Å². The third-order valence-corrected chi connectivity index (χ3v) is 7.70. The Morgan fingerprint density at radius 1 is 1.11 bits per heavy atom. The molecule has 2 heterocycles. The molecule has 1 saturated carbocycles. The van der Waals surface area contributed by atoms with Gasteiger partial charge in [0.15, 0.2) is 0 Å². The fourth-order valence-electron chi connectivity index (χ4n) is 4.37. The summed E-state index contributed by atoms with van der Waals surface area (Å²) in [4.78, 5) is 4.47. The van der Waals surface area contributed by atoms with Crippen LogP contribution in [0.25, 0.3) is 28.0 Å². The van der Waals surface area contributed by atoms with Crippen LogP contribution in [0.2, 0.25) is 0 Å². The molecule has 0 radical (unpaired) electrons. The number of nitrogens with one attached hydrogen (secondary N) is 1. The molecule has 2 aromatic carbocycles. The Morgan fingerprint density at radius 2 is 1.83 bits per heavy atom. The highest BCUT2D eigenvalue weighted by Gasteiger charge is 2.30. The minimum Gasteiger partial charge on any atom is -0.307 e. The van der Waals surface area contributed by atoms with Gasteiger partial charge in [-0.3, -0.25) is 4.98 Å². The molecule has 0 saturated heterocycles. The van der Waals surface area contributed by atoms with Gasteiger partial charge in [-0.1, -0.05) is 18.2 Å². The molecular formula is C27H25FN4O2S. The number of sulfonamides is 1. The maximum Gasteiger partial charge on any atom is 0.242 e. The fraction of sp³-hybridized carbons (Fsp3) is 0.259. The Kier molecular flexibility index (Phi) is 5.50. The van der Waals surface area contributed by atoms with Crippen molar-refractivity contribution in [2.24, 2.45) is 0 Å². The second-order valence-corrected chi connectivity index (χ2v) is 11.6. The number of hydrogen-bond acceptors (Lipinski definition) is 4. The molecule has 1 aliphatic carbocycles. The summed E-state index contributed by atoms with van der Waals surface area (Å²) in [5, 5.41) is 10.6. The van der Waals surface area contributed by atoms with Crippen molar-refractivity contribution in [3.63, 3.8) is 0 Å². The van der Waals surface area contributed by atoms with Gasteiger partial charge in [0.25, 0.3) is 0 Å². The normalized spacial score (nSPS) is 14.3. The summed E-state index contributed by atoms with van der Waals surface area (Å²) in [5.74, 6) is -0.110. The van der Waals surface area contributed by atoms with E-state index in [-0.39, 0.29) is 16.6 Å². The third-order valence-electron chi connectivity index (χ3n) is 5.96. The summed E-state index contributed by atoms with van der Waals surface area (Å²) in [6.45, 7) is 5.29. The van der Waals surface area contributed by atoms with Gasteiger partial charge in [0.05, 0.1) is 22.5 Å². The van der Waals surface area contributed by atoms with Crippen LogP contribution in [0.5, 0.6) is 0 Å². The van der Waals surface area contributed by atoms with Crippen molar-refractivity contribution >= 4 is 20.9 Å². The first-order valence-electron chi connectivity index (χ1n) is 11.4. The lowest BCUT2D eigenvalue weighted by Gasteiger charge is -2.20. The minimum atomic E-state index is -3.77. The van der Waals surface area contributed by atoms with E-state index in [0.717, 1.165) is 24.0 Å². The van der Waals surface area contributed by atoms with Gasteiger partial charge >= 0.3 is 0 Å². The molecule has 2 aromatic heterocycles. The van der Waals surface area contributed by atoms with Gasteiger partial charge in [-0.25, -0.2) is 17.5 Å². The maximum absolute atomic E-state index is 15.0. The summed E-state index contributed by atoms with van der Waals surface area (Å²) < 4.78 is 45.0. The molecule has 1 N–H and O–H groups in total.